The Balaban J connectivity index is 2.11. The van der Waals surface area contributed by atoms with Gasteiger partial charge in [-0.25, -0.2) is 0 Å². The molecule has 3 rings (SSSR count). The van der Waals surface area contributed by atoms with Crippen molar-refractivity contribution in [2.24, 2.45) is 0 Å². The Hall–Kier alpha value is -1.97. The van der Waals surface area contributed by atoms with E-state index in [1.54, 1.807) is 13.1 Å². The van der Waals surface area contributed by atoms with Crippen LogP contribution in [0.3, 0.4) is 0 Å². The molecule has 0 unspecified atom stereocenters. The summed E-state index contributed by atoms with van der Waals surface area (Å²) in [6.45, 7) is 0.549. The predicted octanol–water partition coefficient (Wildman–Crippen LogP) is 4.36. The average molecular weight is 333 g/mol. The number of halogens is 2. The number of rotatable bonds is 3. The van der Waals surface area contributed by atoms with E-state index >= 15 is 0 Å². The Kier molecular flexibility index (Phi) is 4.10. The van der Waals surface area contributed by atoms with Crippen molar-refractivity contribution in [3.05, 3.63) is 69.8 Å². The Morgan fingerprint density at radius 3 is 2.59 bits per heavy atom. The molecular weight excluding hydrogens is 319 g/mol. The van der Waals surface area contributed by atoms with E-state index in [-0.39, 0.29) is 5.91 Å². The molecule has 0 fully saturated rings. The van der Waals surface area contributed by atoms with Gasteiger partial charge >= 0.3 is 0 Å². The van der Waals surface area contributed by atoms with Crippen LogP contribution in [0.25, 0.3) is 10.9 Å². The number of carbonyl (C=O) groups excluding carboxylic acids is 1. The third-order valence-corrected chi connectivity index (χ3v) is 4.33. The van der Waals surface area contributed by atoms with Crippen molar-refractivity contribution < 1.29 is 4.79 Å². The first-order valence-corrected chi connectivity index (χ1v) is 7.60. The molecule has 0 saturated heterocycles. The quantitative estimate of drug-likeness (QED) is 0.759. The number of benzene rings is 2. The van der Waals surface area contributed by atoms with Crippen molar-refractivity contribution in [3.8, 4) is 0 Å². The fourth-order valence-corrected chi connectivity index (χ4v) is 2.84. The van der Waals surface area contributed by atoms with Crippen molar-refractivity contribution >= 4 is 40.0 Å². The monoisotopic (exact) mass is 332 g/mol. The molecule has 2 aromatic carbocycles. The molecule has 0 bridgehead atoms. The van der Waals surface area contributed by atoms with Gasteiger partial charge in [0.2, 0.25) is 0 Å². The fraction of sp³-hybridized carbons (Fsp3) is 0.118. The van der Waals surface area contributed by atoms with Gasteiger partial charge in [0, 0.05) is 24.5 Å². The zero-order chi connectivity index (χ0) is 15.7. The van der Waals surface area contributed by atoms with Crippen molar-refractivity contribution in [2.45, 2.75) is 6.54 Å². The molecule has 1 amide bonds. The Morgan fingerprint density at radius 1 is 1.09 bits per heavy atom. The Morgan fingerprint density at radius 2 is 1.86 bits per heavy atom. The zero-order valence-electron chi connectivity index (χ0n) is 11.9. The predicted molar refractivity (Wildman–Crippen MR) is 90.9 cm³/mol. The van der Waals surface area contributed by atoms with Gasteiger partial charge in [-0.3, -0.25) is 4.79 Å². The maximum atomic E-state index is 12.1. The molecule has 3 nitrogen and oxygen atoms in total. The first-order valence-electron chi connectivity index (χ1n) is 6.84. The van der Waals surface area contributed by atoms with Gasteiger partial charge in [0.1, 0.15) is 5.69 Å². The molecule has 5 heteroatoms. The number of aromatic nitrogens is 1. The molecule has 0 radical (unpaired) electrons. The summed E-state index contributed by atoms with van der Waals surface area (Å²) in [5.74, 6) is -0.115. The number of hydrogen-bond acceptors (Lipinski definition) is 1. The van der Waals surface area contributed by atoms with E-state index in [0.29, 0.717) is 22.3 Å². The summed E-state index contributed by atoms with van der Waals surface area (Å²) in [5.41, 5.74) is 2.61. The second-order valence-electron chi connectivity index (χ2n) is 5.00. The van der Waals surface area contributed by atoms with Gasteiger partial charge in [-0.15, -0.1) is 0 Å². The molecule has 0 saturated carbocycles. The third-order valence-electron chi connectivity index (χ3n) is 3.59. The van der Waals surface area contributed by atoms with E-state index in [2.05, 4.69) is 5.32 Å². The number of nitrogens with zero attached hydrogens (tertiary/aromatic N) is 1. The van der Waals surface area contributed by atoms with Crippen LogP contribution in [0.4, 0.5) is 0 Å². The lowest BCUT2D eigenvalue weighted by atomic mass is 10.2. The first-order chi connectivity index (χ1) is 10.6. The minimum Gasteiger partial charge on any atom is -0.354 e. The van der Waals surface area contributed by atoms with Gasteiger partial charge in [-0.1, -0.05) is 47.5 Å². The van der Waals surface area contributed by atoms with Gasteiger partial charge in [-0.2, -0.15) is 0 Å². The minimum atomic E-state index is -0.115. The largest absolute Gasteiger partial charge is 0.354 e. The summed E-state index contributed by atoms with van der Waals surface area (Å²) >= 11 is 12.0. The number of carbonyl (C=O) groups is 1. The summed E-state index contributed by atoms with van der Waals surface area (Å²) in [4.78, 5) is 12.1. The molecule has 1 N–H and O–H groups in total. The molecule has 1 aromatic heterocycles. The topological polar surface area (TPSA) is 34.0 Å². The van der Waals surface area contributed by atoms with Crippen LogP contribution < -0.4 is 5.32 Å². The van der Waals surface area contributed by atoms with Gasteiger partial charge in [0.25, 0.3) is 5.91 Å². The van der Waals surface area contributed by atoms with Crippen LogP contribution in [0.5, 0.6) is 0 Å². The number of para-hydroxylation sites is 1. The van der Waals surface area contributed by atoms with Crippen LogP contribution in [0.15, 0.2) is 48.5 Å². The number of nitrogens with one attached hydrogen (secondary N) is 1. The molecule has 0 aliphatic heterocycles. The lowest BCUT2D eigenvalue weighted by molar-refractivity contribution is 0.0955. The second-order valence-corrected chi connectivity index (χ2v) is 5.82. The van der Waals surface area contributed by atoms with Crippen LogP contribution in [0.1, 0.15) is 16.1 Å². The molecular formula is C17H14Cl2N2O. The van der Waals surface area contributed by atoms with Crippen LogP contribution in [-0.2, 0) is 6.54 Å². The third kappa shape index (κ3) is 2.70. The standard InChI is InChI=1S/C17H14Cl2N2O/c1-20-17(22)16-9-12-4-2-3-5-15(12)21(16)10-11-6-7-13(18)14(19)8-11/h2-9H,10H2,1H3,(H,20,22). The second kappa shape index (κ2) is 6.03. The minimum absolute atomic E-state index is 0.115. The summed E-state index contributed by atoms with van der Waals surface area (Å²) in [5, 5.41) is 4.74. The van der Waals surface area contributed by atoms with Crippen LogP contribution in [0.2, 0.25) is 10.0 Å². The summed E-state index contributed by atoms with van der Waals surface area (Å²) < 4.78 is 1.98. The van der Waals surface area contributed by atoms with Gasteiger partial charge < -0.3 is 9.88 Å². The molecule has 0 atom stereocenters. The lowest BCUT2D eigenvalue weighted by Crippen LogP contribution is -2.21. The van der Waals surface area contributed by atoms with Gasteiger partial charge in [0.15, 0.2) is 0 Å². The molecule has 22 heavy (non-hydrogen) atoms. The smallest absolute Gasteiger partial charge is 0.267 e. The van der Waals surface area contributed by atoms with Crippen molar-refractivity contribution in [3.63, 3.8) is 0 Å². The summed E-state index contributed by atoms with van der Waals surface area (Å²) in [7, 11) is 1.63. The number of hydrogen-bond donors (Lipinski definition) is 1. The number of amides is 1. The van der Waals surface area contributed by atoms with Crippen molar-refractivity contribution in [1.82, 2.24) is 9.88 Å². The molecule has 1 heterocycles. The van der Waals surface area contributed by atoms with E-state index in [1.165, 1.54) is 0 Å². The van der Waals surface area contributed by atoms with E-state index in [1.807, 2.05) is 47.0 Å². The van der Waals surface area contributed by atoms with E-state index < -0.39 is 0 Å². The van der Waals surface area contributed by atoms with Crippen molar-refractivity contribution in [2.75, 3.05) is 7.05 Å². The SMILES string of the molecule is CNC(=O)c1cc2ccccc2n1Cc1ccc(Cl)c(Cl)c1. The molecule has 0 aliphatic carbocycles. The van der Waals surface area contributed by atoms with Gasteiger partial charge in [-0.05, 0) is 29.8 Å². The summed E-state index contributed by atoms with van der Waals surface area (Å²) in [6, 6.07) is 15.3. The Labute approximate surface area is 138 Å². The van der Waals surface area contributed by atoms with E-state index in [4.69, 9.17) is 23.2 Å². The highest BCUT2D eigenvalue weighted by Crippen LogP contribution is 2.25. The summed E-state index contributed by atoms with van der Waals surface area (Å²) in [6.07, 6.45) is 0. The maximum absolute atomic E-state index is 12.1. The highest BCUT2D eigenvalue weighted by molar-refractivity contribution is 6.42. The number of fused-ring (bicyclic) bond motifs is 1. The normalized spacial score (nSPS) is 10.9. The zero-order valence-corrected chi connectivity index (χ0v) is 13.4. The highest BCUT2D eigenvalue weighted by atomic mass is 35.5. The highest BCUT2D eigenvalue weighted by Gasteiger charge is 2.14. The van der Waals surface area contributed by atoms with E-state index in [9.17, 15) is 4.79 Å². The van der Waals surface area contributed by atoms with Crippen molar-refractivity contribution in [1.29, 1.82) is 0 Å². The van der Waals surface area contributed by atoms with E-state index in [0.717, 1.165) is 16.5 Å². The fourth-order valence-electron chi connectivity index (χ4n) is 2.52. The van der Waals surface area contributed by atoms with Crippen LogP contribution in [0, 0.1) is 0 Å². The average Bonchev–Trinajstić information content (AvgIpc) is 2.89. The van der Waals surface area contributed by atoms with Crippen LogP contribution >= 0.6 is 23.2 Å². The maximum Gasteiger partial charge on any atom is 0.267 e. The Bertz CT molecular complexity index is 855. The lowest BCUT2D eigenvalue weighted by Gasteiger charge is -2.11. The molecule has 3 aromatic rings. The molecule has 0 spiro atoms. The molecule has 112 valence electrons. The first kappa shape index (κ1) is 14.9. The van der Waals surface area contributed by atoms with Gasteiger partial charge in [0.05, 0.1) is 10.0 Å². The van der Waals surface area contributed by atoms with Crippen LogP contribution in [-0.4, -0.2) is 17.5 Å². The molecule has 0 aliphatic rings.